The molecule has 0 saturated carbocycles. The molecule has 1 N–H and O–H groups in total. The molecule has 28 heavy (non-hydrogen) atoms. The summed E-state index contributed by atoms with van der Waals surface area (Å²) in [5, 5.41) is 0.523. The van der Waals surface area contributed by atoms with E-state index in [2.05, 4.69) is 15.0 Å². The molecule has 1 saturated heterocycles. The highest BCUT2D eigenvalue weighted by Gasteiger charge is 2.33. The summed E-state index contributed by atoms with van der Waals surface area (Å²) >= 11 is 0. The van der Waals surface area contributed by atoms with Crippen molar-refractivity contribution in [2.45, 2.75) is 11.1 Å². The molecule has 0 atom stereocenters. The molecular weight excluding hydrogens is 395 g/mol. The summed E-state index contributed by atoms with van der Waals surface area (Å²) in [6, 6.07) is 5.64. The summed E-state index contributed by atoms with van der Waals surface area (Å²) in [5.41, 5.74) is -0.320. The number of aromatic nitrogens is 3. The van der Waals surface area contributed by atoms with Crippen molar-refractivity contribution in [3.8, 4) is 0 Å². The van der Waals surface area contributed by atoms with Crippen LogP contribution in [-0.2, 0) is 16.2 Å². The van der Waals surface area contributed by atoms with Crippen LogP contribution in [0.25, 0.3) is 11.0 Å². The third kappa shape index (κ3) is 3.31. The van der Waals surface area contributed by atoms with Crippen LogP contribution in [0.15, 0.2) is 47.8 Å². The van der Waals surface area contributed by atoms with Crippen molar-refractivity contribution in [2.75, 3.05) is 31.1 Å². The molecule has 4 heterocycles. The molecule has 0 aliphatic carbocycles. The fourth-order valence-corrected chi connectivity index (χ4v) is 4.75. The van der Waals surface area contributed by atoms with Gasteiger partial charge in [-0.25, -0.2) is 18.4 Å². The Morgan fingerprint density at radius 2 is 1.79 bits per heavy atom. The molecule has 1 aliphatic heterocycles. The lowest BCUT2D eigenvalue weighted by molar-refractivity contribution is -0.137. The Kier molecular flexibility index (Phi) is 4.50. The smallest absolute Gasteiger partial charge is 0.354 e. The second-order valence-corrected chi connectivity index (χ2v) is 8.25. The number of H-pyrrole nitrogens is 1. The number of hydrogen-bond donors (Lipinski definition) is 1. The highest BCUT2D eigenvalue weighted by atomic mass is 32.2. The van der Waals surface area contributed by atoms with Gasteiger partial charge in [-0.15, -0.1) is 0 Å². The van der Waals surface area contributed by atoms with E-state index < -0.39 is 21.8 Å². The van der Waals surface area contributed by atoms with Gasteiger partial charge in [0.05, 0.1) is 5.56 Å². The molecule has 4 rings (SSSR count). The van der Waals surface area contributed by atoms with E-state index >= 15 is 0 Å². The largest absolute Gasteiger partial charge is 0.417 e. The molecule has 1 fully saturated rings. The second kappa shape index (κ2) is 6.74. The molecule has 11 heteroatoms. The Morgan fingerprint density at radius 3 is 2.43 bits per heavy atom. The van der Waals surface area contributed by atoms with Crippen molar-refractivity contribution in [2.24, 2.45) is 0 Å². The van der Waals surface area contributed by atoms with Crippen LogP contribution in [0, 0.1) is 0 Å². The third-order valence-electron chi connectivity index (χ3n) is 4.67. The number of piperazine rings is 1. The van der Waals surface area contributed by atoms with Gasteiger partial charge in [0, 0.05) is 50.2 Å². The van der Waals surface area contributed by atoms with Gasteiger partial charge >= 0.3 is 6.18 Å². The average Bonchev–Trinajstić information content (AvgIpc) is 3.12. The minimum absolute atomic E-state index is 0.164. The van der Waals surface area contributed by atoms with Crippen LogP contribution < -0.4 is 4.90 Å². The Labute approximate surface area is 158 Å². The Hall–Kier alpha value is -2.66. The number of fused-ring (bicyclic) bond motifs is 1. The Bertz CT molecular complexity index is 1090. The number of hydrogen-bond acceptors (Lipinski definition) is 5. The van der Waals surface area contributed by atoms with Crippen molar-refractivity contribution in [3.63, 3.8) is 0 Å². The third-order valence-corrected chi connectivity index (χ3v) is 6.61. The number of rotatable bonds is 3. The molecule has 1 aliphatic rings. The normalized spacial score (nSPS) is 16.6. The zero-order valence-electron chi connectivity index (χ0n) is 14.5. The van der Waals surface area contributed by atoms with Crippen molar-refractivity contribution >= 4 is 26.9 Å². The van der Waals surface area contributed by atoms with E-state index in [9.17, 15) is 21.6 Å². The van der Waals surface area contributed by atoms with E-state index in [0.29, 0.717) is 29.9 Å². The van der Waals surface area contributed by atoms with Crippen molar-refractivity contribution in [1.29, 1.82) is 0 Å². The molecule has 148 valence electrons. The summed E-state index contributed by atoms with van der Waals surface area (Å²) in [4.78, 5) is 12.8. The Balaban J connectivity index is 1.49. The standard InChI is InChI=1S/C17H16F3N5O2S/c18-17(19,20)12-3-4-15(22-10-12)24-6-8-25(9-7-24)28(26,27)14-11-23-16-13(14)2-1-5-21-16/h1-5,10-11H,6-9H2,(H,21,23). The van der Waals surface area contributed by atoms with E-state index in [0.717, 1.165) is 12.3 Å². The predicted molar refractivity (Wildman–Crippen MR) is 96.3 cm³/mol. The molecule has 0 aromatic carbocycles. The molecular formula is C17H16F3N5O2S. The van der Waals surface area contributed by atoms with Crippen LogP contribution in [-0.4, -0.2) is 53.9 Å². The first-order valence-electron chi connectivity index (χ1n) is 8.47. The number of pyridine rings is 2. The van der Waals surface area contributed by atoms with Crippen LogP contribution >= 0.6 is 0 Å². The zero-order chi connectivity index (χ0) is 19.9. The lowest BCUT2D eigenvalue weighted by Crippen LogP contribution is -2.48. The number of aromatic amines is 1. The maximum Gasteiger partial charge on any atom is 0.417 e. The van der Waals surface area contributed by atoms with Gasteiger partial charge in [0.15, 0.2) is 0 Å². The second-order valence-electron chi connectivity index (χ2n) is 6.35. The first kappa shape index (κ1) is 18.7. The van der Waals surface area contributed by atoms with Crippen LogP contribution in [0.1, 0.15) is 5.56 Å². The van der Waals surface area contributed by atoms with Crippen LogP contribution in [0.5, 0.6) is 0 Å². The highest BCUT2D eigenvalue weighted by molar-refractivity contribution is 7.89. The van der Waals surface area contributed by atoms with E-state index in [4.69, 9.17) is 0 Å². The molecule has 0 amide bonds. The minimum atomic E-state index is -4.44. The number of nitrogens with zero attached hydrogens (tertiary/aromatic N) is 4. The molecule has 0 radical (unpaired) electrons. The highest BCUT2D eigenvalue weighted by Crippen LogP contribution is 2.30. The van der Waals surface area contributed by atoms with Gasteiger partial charge in [-0.3, -0.25) is 0 Å². The Morgan fingerprint density at radius 1 is 1.04 bits per heavy atom. The van der Waals surface area contributed by atoms with Gasteiger partial charge in [0.2, 0.25) is 10.0 Å². The quantitative estimate of drug-likeness (QED) is 0.716. The molecule has 3 aromatic rings. The van der Waals surface area contributed by atoms with E-state index in [1.165, 1.54) is 16.6 Å². The summed E-state index contributed by atoms with van der Waals surface area (Å²) in [6.07, 6.45) is -0.647. The summed E-state index contributed by atoms with van der Waals surface area (Å²) < 4.78 is 65.3. The minimum Gasteiger partial charge on any atom is -0.354 e. The molecule has 0 spiro atoms. The van der Waals surface area contributed by atoms with Crippen LogP contribution in [0.2, 0.25) is 0 Å². The number of halogens is 3. The van der Waals surface area contributed by atoms with E-state index in [1.807, 2.05) is 0 Å². The number of nitrogens with one attached hydrogen (secondary N) is 1. The first-order chi connectivity index (χ1) is 13.3. The molecule has 0 bridgehead atoms. The monoisotopic (exact) mass is 411 g/mol. The number of sulfonamides is 1. The van der Waals surface area contributed by atoms with Gasteiger partial charge in [0.25, 0.3) is 0 Å². The number of alkyl halides is 3. The number of anilines is 1. The topological polar surface area (TPSA) is 82.2 Å². The summed E-state index contributed by atoms with van der Waals surface area (Å²) in [5.74, 6) is 0.390. The van der Waals surface area contributed by atoms with Crippen molar-refractivity contribution < 1.29 is 21.6 Å². The van der Waals surface area contributed by atoms with Gasteiger partial charge in [-0.1, -0.05) is 0 Å². The fraction of sp³-hybridized carbons (Fsp3) is 0.294. The zero-order valence-corrected chi connectivity index (χ0v) is 15.3. The van der Waals surface area contributed by atoms with Gasteiger partial charge in [0.1, 0.15) is 16.4 Å². The van der Waals surface area contributed by atoms with Crippen LogP contribution in [0.3, 0.4) is 0 Å². The maximum atomic E-state index is 13.0. The van der Waals surface area contributed by atoms with Gasteiger partial charge < -0.3 is 9.88 Å². The van der Waals surface area contributed by atoms with Gasteiger partial charge in [-0.05, 0) is 24.3 Å². The fourth-order valence-electron chi connectivity index (χ4n) is 3.18. The van der Waals surface area contributed by atoms with E-state index in [1.54, 1.807) is 23.2 Å². The van der Waals surface area contributed by atoms with Crippen molar-refractivity contribution in [1.82, 2.24) is 19.3 Å². The van der Waals surface area contributed by atoms with Crippen LogP contribution in [0.4, 0.5) is 19.0 Å². The summed E-state index contributed by atoms with van der Waals surface area (Å²) in [6.45, 7) is 1.08. The lowest BCUT2D eigenvalue weighted by Gasteiger charge is -2.34. The lowest BCUT2D eigenvalue weighted by atomic mass is 10.2. The maximum absolute atomic E-state index is 13.0. The van der Waals surface area contributed by atoms with E-state index in [-0.39, 0.29) is 18.0 Å². The average molecular weight is 411 g/mol. The molecule has 0 unspecified atom stereocenters. The molecule has 3 aromatic heterocycles. The summed E-state index contributed by atoms with van der Waals surface area (Å²) in [7, 11) is -3.71. The first-order valence-corrected chi connectivity index (χ1v) is 9.91. The van der Waals surface area contributed by atoms with Gasteiger partial charge in [-0.2, -0.15) is 17.5 Å². The predicted octanol–water partition coefficient (Wildman–Crippen LogP) is 2.49. The SMILES string of the molecule is O=S(=O)(c1c[nH]c2ncccc12)N1CCN(c2ccc(C(F)(F)F)cn2)CC1. The molecule has 7 nitrogen and oxygen atoms in total. The van der Waals surface area contributed by atoms with Crippen molar-refractivity contribution in [3.05, 3.63) is 48.4 Å².